The highest BCUT2D eigenvalue weighted by molar-refractivity contribution is 9.10. The fourth-order valence-corrected chi connectivity index (χ4v) is 3.53. The number of ketones is 1. The summed E-state index contributed by atoms with van der Waals surface area (Å²) in [5.74, 6) is 1.13. The molecule has 20 heavy (non-hydrogen) atoms. The molecule has 1 aromatic heterocycles. The highest BCUT2D eigenvalue weighted by Crippen LogP contribution is 2.35. The van der Waals surface area contributed by atoms with E-state index >= 15 is 0 Å². The number of aryl methyl sites for hydroxylation is 1. The largest absolute Gasteiger partial charge is 0.497 e. The van der Waals surface area contributed by atoms with Gasteiger partial charge in [-0.05, 0) is 45.4 Å². The van der Waals surface area contributed by atoms with Crippen LogP contribution in [0.2, 0.25) is 0 Å². The van der Waals surface area contributed by atoms with Crippen LogP contribution in [0.1, 0.15) is 27.7 Å². The van der Waals surface area contributed by atoms with Crippen molar-refractivity contribution in [3.05, 3.63) is 44.1 Å². The third-order valence-electron chi connectivity index (χ3n) is 3.04. The molecule has 0 N–H and O–H groups in total. The number of methoxy groups -OCH3 is 2. The van der Waals surface area contributed by atoms with Gasteiger partial charge in [0.25, 0.3) is 0 Å². The summed E-state index contributed by atoms with van der Waals surface area (Å²) in [4.78, 5) is 13.5. The Bertz CT molecular complexity index is 634. The van der Waals surface area contributed by atoms with E-state index in [9.17, 15) is 4.79 Å². The third-order valence-corrected chi connectivity index (χ3v) is 4.63. The van der Waals surface area contributed by atoms with Gasteiger partial charge in [0.2, 0.25) is 5.78 Å². The molecule has 0 amide bonds. The SMILES string of the molecule is CCc1ccsc1C(=O)c1c(Br)cc(OC)cc1OC. The van der Waals surface area contributed by atoms with Crippen molar-refractivity contribution in [3.63, 3.8) is 0 Å². The summed E-state index contributed by atoms with van der Waals surface area (Å²) in [6.07, 6.45) is 0.834. The Morgan fingerprint density at radius 1 is 1.30 bits per heavy atom. The van der Waals surface area contributed by atoms with Crippen LogP contribution in [0, 0.1) is 0 Å². The van der Waals surface area contributed by atoms with Gasteiger partial charge in [0, 0.05) is 10.5 Å². The van der Waals surface area contributed by atoms with Crippen LogP contribution in [0.3, 0.4) is 0 Å². The molecule has 1 aromatic carbocycles. The summed E-state index contributed by atoms with van der Waals surface area (Å²) in [6, 6.07) is 5.48. The second-order valence-corrected chi connectivity index (χ2v) is 5.91. The number of hydrogen-bond donors (Lipinski definition) is 0. The average Bonchev–Trinajstić information content (AvgIpc) is 2.93. The van der Waals surface area contributed by atoms with Gasteiger partial charge in [0.1, 0.15) is 11.5 Å². The molecule has 3 nitrogen and oxygen atoms in total. The monoisotopic (exact) mass is 354 g/mol. The van der Waals surface area contributed by atoms with Crippen LogP contribution < -0.4 is 9.47 Å². The number of hydrogen-bond acceptors (Lipinski definition) is 4. The molecule has 0 unspecified atom stereocenters. The van der Waals surface area contributed by atoms with Crippen LogP contribution >= 0.6 is 27.3 Å². The summed E-state index contributed by atoms with van der Waals surface area (Å²) in [6.45, 7) is 2.04. The van der Waals surface area contributed by atoms with Gasteiger partial charge in [-0.1, -0.05) is 6.92 Å². The minimum atomic E-state index is -0.0248. The number of carbonyl (C=O) groups is 1. The minimum absolute atomic E-state index is 0.0248. The van der Waals surface area contributed by atoms with Crippen LogP contribution in [-0.4, -0.2) is 20.0 Å². The number of rotatable bonds is 5. The minimum Gasteiger partial charge on any atom is -0.497 e. The van der Waals surface area contributed by atoms with Gasteiger partial charge in [-0.25, -0.2) is 0 Å². The average molecular weight is 355 g/mol. The van der Waals surface area contributed by atoms with E-state index in [1.54, 1.807) is 26.4 Å². The lowest BCUT2D eigenvalue weighted by Gasteiger charge is -2.12. The van der Waals surface area contributed by atoms with Crippen LogP contribution in [0.5, 0.6) is 11.5 Å². The normalized spacial score (nSPS) is 10.4. The quantitative estimate of drug-likeness (QED) is 0.750. The standard InChI is InChI=1S/C15H15BrO3S/c1-4-9-5-6-20-15(9)14(17)13-11(16)7-10(18-2)8-12(13)19-3/h5-8H,4H2,1-3H3. The Labute approximate surface area is 130 Å². The first-order valence-electron chi connectivity index (χ1n) is 6.15. The molecule has 106 valence electrons. The molecule has 2 rings (SSSR count). The maximum atomic E-state index is 12.7. The molecular weight excluding hydrogens is 340 g/mol. The topological polar surface area (TPSA) is 35.5 Å². The third kappa shape index (κ3) is 2.74. The van der Waals surface area contributed by atoms with Crippen LogP contribution in [0.15, 0.2) is 28.1 Å². The van der Waals surface area contributed by atoms with Crippen LogP contribution in [-0.2, 0) is 6.42 Å². The highest BCUT2D eigenvalue weighted by Gasteiger charge is 2.22. The van der Waals surface area contributed by atoms with E-state index < -0.39 is 0 Å². The highest BCUT2D eigenvalue weighted by atomic mass is 79.9. The van der Waals surface area contributed by atoms with E-state index in [1.807, 2.05) is 18.4 Å². The summed E-state index contributed by atoms with van der Waals surface area (Å²) < 4.78 is 11.2. The summed E-state index contributed by atoms with van der Waals surface area (Å²) in [5.41, 5.74) is 1.59. The van der Waals surface area contributed by atoms with Crippen molar-refractivity contribution in [3.8, 4) is 11.5 Å². The van der Waals surface area contributed by atoms with Crippen LogP contribution in [0.25, 0.3) is 0 Å². The van der Waals surface area contributed by atoms with Crippen molar-refractivity contribution in [2.24, 2.45) is 0 Å². The first kappa shape index (κ1) is 15.1. The van der Waals surface area contributed by atoms with Crippen molar-refractivity contribution in [1.82, 2.24) is 0 Å². The maximum absolute atomic E-state index is 12.7. The molecule has 0 aliphatic carbocycles. The van der Waals surface area contributed by atoms with E-state index in [0.717, 1.165) is 16.9 Å². The molecule has 2 aromatic rings. The van der Waals surface area contributed by atoms with E-state index in [1.165, 1.54) is 11.3 Å². The molecule has 0 spiro atoms. The Morgan fingerprint density at radius 2 is 2.05 bits per heavy atom. The Balaban J connectivity index is 2.54. The fourth-order valence-electron chi connectivity index (χ4n) is 1.98. The van der Waals surface area contributed by atoms with Crippen molar-refractivity contribution < 1.29 is 14.3 Å². The van der Waals surface area contributed by atoms with E-state index in [-0.39, 0.29) is 5.78 Å². The van der Waals surface area contributed by atoms with Gasteiger partial charge in [-0.3, -0.25) is 4.79 Å². The molecule has 0 aliphatic rings. The van der Waals surface area contributed by atoms with Crippen molar-refractivity contribution in [2.45, 2.75) is 13.3 Å². The molecule has 1 heterocycles. The lowest BCUT2D eigenvalue weighted by atomic mass is 10.0. The first-order chi connectivity index (χ1) is 9.62. The van der Waals surface area contributed by atoms with Crippen LogP contribution in [0.4, 0.5) is 0 Å². The zero-order chi connectivity index (χ0) is 14.7. The predicted molar refractivity (Wildman–Crippen MR) is 84.4 cm³/mol. The Morgan fingerprint density at radius 3 is 2.65 bits per heavy atom. The molecule has 0 saturated heterocycles. The predicted octanol–water partition coefficient (Wildman–Crippen LogP) is 4.32. The fraction of sp³-hybridized carbons (Fsp3) is 0.267. The molecule has 0 atom stereocenters. The summed E-state index contributed by atoms with van der Waals surface area (Å²) in [5, 5.41) is 1.94. The number of halogens is 1. The number of benzene rings is 1. The Hall–Kier alpha value is -1.33. The van der Waals surface area contributed by atoms with Gasteiger partial charge in [-0.2, -0.15) is 0 Å². The molecule has 0 saturated carbocycles. The number of carbonyl (C=O) groups excluding carboxylic acids is 1. The molecule has 0 radical (unpaired) electrons. The number of thiophene rings is 1. The van der Waals surface area contributed by atoms with E-state index in [0.29, 0.717) is 21.5 Å². The zero-order valence-corrected chi connectivity index (χ0v) is 13.9. The van der Waals surface area contributed by atoms with Gasteiger partial charge in [0.05, 0.1) is 24.7 Å². The van der Waals surface area contributed by atoms with Gasteiger partial charge in [0.15, 0.2) is 0 Å². The van der Waals surface area contributed by atoms with Crippen molar-refractivity contribution in [2.75, 3.05) is 14.2 Å². The summed E-state index contributed by atoms with van der Waals surface area (Å²) in [7, 11) is 3.13. The zero-order valence-electron chi connectivity index (χ0n) is 11.5. The number of ether oxygens (including phenoxy) is 2. The maximum Gasteiger partial charge on any atom is 0.208 e. The molecular formula is C15H15BrO3S. The Kier molecular flexibility index (Phi) is 4.83. The van der Waals surface area contributed by atoms with E-state index in [4.69, 9.17) is 9.47 Å². The lowest BCUT2D eigenvalue weighted by Crippen LogP contribution is -2.06. The summed E-state index contributed by atoms with van der Waals surface area (Å²) >= 11 is 4.89. The van der Waals surface area contributed by atoms with Gasteiger partial charge in [-0.15, -0.1) is 11.3 Å². The van der Waals surface area contributed by atoms with Gasteiger partial charge < -0.3 is 9.47 Å². The van der Waals surface area contributed by atoms with E-state index in [2.05, 4.69) is 15.9 Å². The molecule has 0 fully saturated rings. The second kappa shape index (κ2) is 6.41. The smallest absolute Gasteiger partial charge is 0.208 e. The molecule has 5 heteroatoms. The van der Waals surface area contributed by atoms with Gasteiger partial charge >= 0.3 is 0 Å². The lowest BCUT2D eigenvalue weighted by molar-refractivity contribution is 0.103. The first-order valence-corrected chi connectivity index (χ1v) is 7.82. The second-order valence-electron chi connectivity index (χ2n) is 4.14. The van der Waals surface area contributed by atoms with Crippen molar-refractivity contribution >= 4 is 33.0 Å². The molecule has 0 bridgehead atoms. The molecule has 0 aliphatic heterocycles. The van der Waals surface area contributed by atoms with Crippen molar-refractivity contribution in [1.29, 1.82) is 0 Å².